The second-order valence-electron chi connectivity index (χ2n) is 1.24. The fraction of sp³-hybridized carbons (Fsp3) is 1.00. The molecule has 0 rings (SSSR count). The van der Waals surface area contributed by atoms with E-state index in [0.29, 0.717) is 3.29 Å². The van der Waals surface area contributed by atoms with Crippen LogP contribution in [0.3, 0.4) is 0 Å². The average Bonchev–Trinajstić information content (AvgIpc) is 0.811. The molecule has 4 heavy (non-hydrogen) atoms. The summed E-state index contributed by atoms with van der Waals surface area (Å²) < 4.78 is 0.472. The normalized spacial score (nSPS) is 16.0. The molecule has 0 aliphatic carbocycles. The van der Waals surface area contributed by atoms with E-state index >= 15 is 0 Å². The van der Waals surface area contributed by atoms with Crippen molar-refractivity contribution in [2.45, 2.75) is 10.2 Å². The van der Waals surface area contributed by atoms with Gasteiger partial charge in [0, 0.05) is 0 Å². The summed E-state index contributed by atoms with van der Waals surface area (Å²) in [7, 11) is 0. The Labute approximate surface area is 44.0 Å². The van der Waals surface area contributed by atoms with Gasteiger partial charge in [0.25, 0.3) is 0 Å². The molecule has 0 bridgehead atoms. The van der Waals surface area contributed by atoms with Crippen LogP contribution in [0.1, 0.15) is 6.92 Å². The summed E-state index contributed by atoms with van der Waals surface area (Å²) in [6.07, 6.45) is 0. The monoisotopic (exact) mass is 67.0 g/mol. The first-order chi connectivity index (χ1) is 1.73. The topological polar surface area (TPSA) is 26.0 Å². The molecule has 1 atom stereocenters. The second kappa shape index (κ2) is 2.21. The summed E-state index contributed by atoms with van der Waals surface area (Å²) in [4.78, 5) is 0. The molecule has 0 spiro atoms. The van der Waals surface area contributed by atoms with Gasteiger partial charge in [0.05, 0.1) is 0 Å². The van der Waals surface area contributed by atoms with Gasteiger partial charge in [-0.25, -0.2) is 0 Å². The molecule has 1 nitrogen and oxygen atoms in total. The molecular weight excluding hydrogens is 61.0 g/mol. The van der Waals surface area contributed by atoms with Crippen molar-refractivity contribution in [3.8, 4) is 0 Å². The van der Waals surface area contributed by atoms with E-state index in [1.165, 1.54) is 0 Å². The van der Waals surface area contributed by atoms with Gasteiger partial charge in [0.2, 0.25) is 0 Å². The first-order valence-corrected chi connectivity index (χ1v) is 2.64. The first-order valence-electron chi connectivity index (χ1n) is 1.49. The molecule has 0 saturated carbocycles. The fourth-order valence-corrected chi connectivity index (χ4v) is 0. The van der Waals surface area contributed by atoms with Crippen LogP contribution in [0.2, 0.25) is 0 Å². The maximum atomic E-state index is 5.17. The summed E-state index contributed by atoms with van der Waals surface area (Å²) in [6, 6.07) is 0. The van der Waals surface area contributed by atoms with Crippen LogP contribution in [-0.4, -0.2) is 31.2 Å². The number of hydrogen-bond acceptors (Lipinski definition) is 1. The van der Waals surface area contributed by atoms with Crippen molar-refractivity contribution in [2.75, 3.05) is 0 Å². The van der Waals surface area contributed by atoms with Gasteiger partial charge in [-0.1, -0.05) is 0 Å². The van der Waals surface area contributed by atoms with Crippen LogP contribution in [0.15, 0.2) is 0 Å². The van der Waals surface area contributed by atoms with Crippen molar-refractivity contribution in [3.05, 3.63) is 0 Å². The van der Waals surface area contributed by atoms with Crippen molar-refractivity contribution in [2.24, 2.45) is 5.73 Å². The third kappa shape index (κ3) is 12.3. The van der Waals surface area contributed by atoms with E-state index < -0.39 is 0 Å². The molecule has 1 unspecified atom stereocenters. The van der Waals surface area contributed by atoms with Gasteiger partial charge < -0.3 is 0 Å². The molecular formula is C2H6NNa. The SMILES string of the molecule is C[CH](N)[Na]. The summed E-state index contributed by atoms with van der Waals surface area (Å²) in [5.41, 5.74) is 5.17. The van der Waals surface area contributed by atoms with Crippen LogP contribution in [-0.2, 0) is 0 Å². The minimum atomic E-state index is 0.472. The number of hydrogen-bond donors (Lipinski definition) is 1. The molecule has 2 N–H and O–H groups in total. The Bertz CT molecular complexity index is 10.8. The quantitative estimate of drug-likeness (QED) is 0.378. The predicted molar refractivity (Wildman–Crippen MR) is 19.4 cm³/mol. The molecule has 0 radical (unpaired) electrons. The van der Waals surface area contributed by atoms with E-state index in [4.69, 9.17) is 5.73 Å². The van der Waals surface area contributed by atoms with Crippen LogP contribution >= 0.6 is 0 Å². The molecule has 0 aromatic heterocycles. The van der Waals surface area contributed by atoms with Gasteiger partial charge in [-0.2, -0.15) is 0 Å². The van der Waals surface area contributed by atoms with Gasteiger partial charge >= 0.3 is 43.9 Å². The molecule has 20 valence electrons. The number of rotatable bonds is 0. The molecule has 0 amide bonds. The summed E-state index contributed by atoms with van der Waals surface area (Å²) in [5, 5.41) is 0. The Hall–Kier alpha value is 0.960. The van der Waals surface area contributed by atoms with E-state index in [0.717, 1.165) is 27.9 Å². The molecule has 0 aliphatic heterocycles. The predicted octanol–water partition coefficient (Wildman–Crippen LogP) is -0.540. The molecule has 0 heterocycles. The molecule has 0 fully saturated rings. The Morgan fingerprint density at radius 1 is 2.00 bits per heavy atom. The van der Waals surface area contributed by atoms with Crippen molar-refractivity contribution in [1.82, 2.24) is 0 Å². The van der Waals surface area contributed by atoms with Crippen molar-refractivity contribution < 1.29 is 0 Å². The van der Waals surface area contributed by atoms with Gasteiger partial charge in [-0.05, 0) is 0 Å². The Kier molecular flexibility index (Phi) is 2.74. The summed E-state index contributed by atoms with van der Waals surface area (Å²) in [5.74, 6) is 0. The first kappa shape index (κ1) is 4.96. The summed E-state index contributed by atoms with van der Waals surface area (Å²) in [6.45, 7) is 2.01. The Balaban J connectivity index is 2.32. The molecule has 0 saturated heterocycles. The van der Waals surface area contributed by atoms with E-state index in [2.05, 4.69) is 0 Å². The standard InChI is InChI=1S/C2H6N.Na/c1-2-3;/h2H,3H2,1H3;. The van der Waals surface area contributed by atoms with Gasteiger partial charge in [0.15, 0.2) is 0 Å². The minimum absolute atomic E-state index is 0.472. The van der Waals surface area contributed by atoms with Crippen molar-refractivity contribution in [3.63, 3.8) is 0 Å². The van der Waals surface area contributed by atoms with E-state index in [1.54, 1.807) is 0 Å². The van der Waals surface area contributed by atoms with E-state index in [1.807, 2.05) is 6.92 Å². The summed E-state index contributed by atoms with van der Waals surface area (Å²) >= 11 is 1.13. The van der Waals surface area contributed by atoms with Crippen molar-refractivity contribution in [1.29, 1.82) is 0 Å². The fourth-order valence-electron chi connectivity index (χ4n) is 0. The van der Waals surface area contributed by atoms with Crippen LogP contribution in [0.4, 0.5) is 0 Å². The zero-order valence-corrected chi connectivity index (χ0v) is 5.15. The third-order valence-electron chi connectivity index (χ3n) is 0. The van der Waals surface area contributed by atoms with Crippen molar-refractivity contribution >= 4 is 27.9 Å². The van der Waals surface area contributed by atoms with E-state index in [-0.39, 0.29) is 0 Å². The van der Waals surface area contributed by atoms with Gasteiger partial charge in [-0.3, -0.25) is 0 Å². The van der Waals surface area contributed by atoms with E-state index in [9.17, 15) is 0 Å². The maximum absolute atomic E-state index is 5.17. The van der Waals surface area contributed by atoms with Crippen LogP contribution in [0.25, 0.3) is 0 Å². The van der Waals surface area contributed by atoms with Gasteiger partial charge in [0.1, 0.15) is 0 Å². The Morgan fingerprint density at radius 3 is 2.00 bits per heavy atom. The molecule has 0 aromatic rings. The average molecular weight is 67.1 g/mol. The molecule has 0 aliphatic rings. The van der Waals surface area contributed by atoms with Crippen LogP contribution in [0, 0.1) is 0 Å². The Morgan fingerprint density at radius 2 is 2.00 bits per heavy atom. The van der Waals surface area contributed by atoms with Gasteiger partial charge in [-0.15, -0.1) is 0 Å². The zero-order chi connectivity index (χ0) is 3.58. The van der Waals surface area contributed by atoms with Crippen LogP contribution in [0.5, 0.6) is 0 Å². The zero-order valence-electron chi connectivity index (χ0n) is 3.15. The number of nitrogens with two attached hydrogens (primary N) is 1. The third-order valence-corrected chi connectivity index (χ3v) is 0. The molecule has 2 heteroatoms. The van der Waals surface area contributed by atoms with Crippen LogP contribution < -0.4 is 5.73 Å². The second-order valence-corrected chi connectivity index (χ2v) is 3.07. The molecule has 0 aromatic carbocycles.